The maximum Gasteiger partial charge on any atom is 0.191 e. The number of aromatic hydroxyl groups is 1. The predicted molar refractivity (Wildman–Crippen MR) is 102 cm³/mol. The number of phenols is 1. The van der Waals surface area contributed by atoms with Crippen molar-refractivity contribution in [3.05, 3.63) is 53.1 Å². The first kappa shape index (κ1) is 17.7. The van der Waals surface area contributed by atoms with Gasteiger partial charge in [0.2, 0.25) is 0 Å². The van der Waals surface area contributed by atoms with E-state index in [9.17, 15) is 5.11 Å². The third-order valence-electron chi connectivity index (χ3n) is 3.38. The van der Waals surface area contributed by atoms with Crippen LogP contribution in [0.15, 0.2) is 41.5 Å². The van der Waals surface area contributed by atoms with Gasteiger partial charge in [0, 0.05) is 5.69 Å². The Morgan fingerprint density at radius 2 is 1.96 bits per heavy atom. The smallest absolute Gasteiger partial charge is 0.191 e. The van der Waals surface area contributed by atoms with Gasteiger partial charge in [-0.1, -0.05) is 18.2 Å². The zero-order chi connectivity index (χ0) is 17.5. The highest BCUT2D eigenvalue weighted by Crippen LogP contribution is 2.26. The fourth-order valence-corrected chi connectivity index (χ4v) is 2.36. The molecule has 5 nitrogen and oxygen atoms in total. The monoisotopic (exact) mass is 343 g/mol. The molecule has 0 saturated carbocycles. The van der Waals surface area contributed by atoms with Crippen LogP contribution in [0.4, 0.5) is 5.69 Å². The number of nitrogens with zero attached hydrogens (tertiary/aromatic N) is 1. The number of benzene rings is 2. The van der Waals surface area contributed by atoms with Crippen LogP contribution in [0.5, 0.6) is 11.5 Å². The van der Waals surface area contributed by atoms with E-state index in [2.05, 4.69) is 15.8 Å². The minimum absolute atomic E-state index is 0.106. The number of para-hydroxylation sites is 1. The largest absolute Gasteiger partial charge is 0.504 e. The summed E-state index contributed by atoms with van der Waals surface area (Å²) in [5.41, 5.74) is 6.78. The Kier molecular flexibility index (Phi) is 6.14. The Morgan fingerprint density at radius 1 is 1.25 bits per heavy atom. The van der Waals surface area contributed by atoms with Gasteiger partial charge in [-0.2, -0.15) is 5.10 Å². The van der Waals surface area contributed by atoms with Crippen LogP contribution in [0.3, 0.4) is 0 Å². The van der Waals surface area contributed by atoms with Crippen molar-refractivity contribution < 1.29 is 9.84 Å². The molecule has 2 aromatic rings. The van der Waals surface area contributed by atoms with Crippen molar-refractivity contribution in [2.75, 3.05) is 11.9 Å². The second kappa shape index (κ2) is 8.31. The lowest BCUT2D eigenvalue weighted by Gasteiger charge is -2.12. The normalized spacial score (nSPS) is 10.6. The molecule has 0 unspecified atom stereocenters. The van der Waals surface area contributed by atoms with Crippen molar-refractivity contribution in [1.29, 1.82) is 0 Å². The molecular weight excluding hydrogens is 322 g/mol. The van der Waals surface area contributed by atoms with Gasteiger partial charge in [-0.05, 0) is 67.9 Å². The Labute approximate surface area is 147 Å². The second-order valence-electron chi connectivity index (χ2n) is 5.25. The summed E-state index contributed by atoms with van der Waals surface area (Å²) in [6.07, 6.45) is 1.61. The molecule has 3 N–H and O–H groups in total. The minimum atomic E-state index is 0.106. The molecule has 0 bridgehead atoms. The lowest BCUT2D eigenvalue weighted by atomic mass is 10.1. The first-order valence-electron chi connectivity index (χ1n) is 7.63. The van der Waals surface area contributed by atoms with Gasteiger partial charge in [0.15, 0.2) is 16.6 Å². The molecule has 126 valence electrons. The van der Waals surface area contributed by atoms with Gasteiger partial charge in [-0.3, -0.25) is 5.43 Å². The Bertz CT molecular complexity index is 740. The molecular formula is C18H21N3O2S. The van der Waals surface area contributed by atoms with Crippen LogP contribution in [0, 0.1) is 13.8 Å². The van der Waals surface area contributed by atoms with Gasteiger partial charge in [-0.25, -0.2) is 0 Å². The lowest BCUT2D eigenvalue weighted by Crippen LogP contribution is -2.24. The third-order valence-corrected chi connectivity index (χ3v) is 3.58. The summed E-state index contributed by atoms with van der Waals surface area (Å²) in [6, 6.07) is 11.1. The van der Waals surface area contributed by atoms with Gasteiger partial charge in [0.05, 0.1) is 12.8 Å². The van der Waals surface area contributed by atoms with E-state index in [1.165, 1.54) is 0 Å². The van der Waals surface area contributed by atoms with Crippen molar-refractivity contribution in [1.82, 2.24) is 5.43 Å². The first-order valence-corrected chi connectivity index (χ1v) is 8.04. The van der Waals surface area contributed by atoms with E-state index >= 15 is 0 Å². The standard InChI is InChI=1S/C18H21N3O2S/c1-4-23-16-10-14(8-9-15(16)22)11-19-21-18(24)20-17-12(2)6-5-7-13(17)3/h5-11,22H,4H2,1-3H3,(H2,20,21,24). The third kappa shape index (κ3) is 4.70. The summed E-state index contributed by atoms with van der Waals surface area (Å²) in [5, 5.41) is 17.3. The van der Waals surface area contributed by atoms with E-state index in [1.54, 1.807) is 24.4 Å². The first-order chi connectivity index (χ1) is 11.5. The fourth-order valence-electron chi connectivity index (χ4n) is 2.20. The minimum Gasteiger partial charge on any atom is -0.504 e. The summed E-state index contributed by atoms with van der Waals surface area (Å²) < 4.78 is 5.34. The van der Waals surface area contributed by atoms with Gasteiger partial charge in [0.25, 0.3) is 0 Å². The number of aryl methyl sites for hydroxylation is 2. The lowest BCUT2D eigenvalue weighted by molar-refractivity contribution is 0.318. The van der Waals surface area contributed by atoms with Crippen LogP contribution in [0.2, 0.25) is 0 Å². The zero-order valence-electron chi connectivity index (χ0n) is 14.0. The molecule has 0 fully saturated rings. The molecule has 2 rings (SSSR count). The second-order valence-corrected chi connectivity index (χ2v) is 5.66. The van der Waals surface area contributed by atoms with Crippen molar-refractivity contribution in [2.45, 2.75) is 20.8 Å². The maximum absolute atomic E-state index is 9.68. The van der Waals surface area contributed by atoms with Crippen LogP contribution in [0.25, 0.3) is 0 Å². The van der Waals surface area contributed by atoms with E-state index in [-0.39, 0.29) is 5.75 Å². The fraction of sp³-hybridized carbons (Fsp3) is 0.222. The molecule has 2 aromatic carbocycles. The molecule has 0 aliphatic carbocycles. The maximum atomic E-state index is 9.68. The molecule has 24 heavy (non-hydrogen) atoms. The van der Waals surface area contributed by atoms with Crippen LogP contribution in [-0.4, -0.2) is 23.0 Å². The summed E-state index contributed by atoms with van der Waals surface area (Å²) in [4.78, 5) is 0. The highest BCUT2D eigenvalue weighted by atomic mass is 32.1. The van der Waals surface area contributed by atoms with Gasteiger partial charge in [-0.15, -0.1) is 0 Å². The summed E-state index contributed by atoms with van der Waals surface area (Å²) in [5.74, 6) is 0.534. The number of rotatable bonds is 5. The van der Waals surface area contributed by atoms with Crippen molar-refractivity contribution in [3.63, 3.8) is 0 Å². The predicted octanol–water partition coefficient (Wildman–Crippen LogP) is 3.73. The number of hydrazone groups is 1. The van der Waals surface area contributed by atoms with E-state index in [1.807, 2.05) is 39.0 Å². The zero-order valence-corrected chi connectivity index (χ0v) is 14.8. The molecule has 0 saturated heterocycles. The number of thiocarbonyl (C=S) groups is 1. The highest BCUT2D eigenvalue weighted by molar-refractivity contribution is 7.80. The number of hydrogen-bond acceptors (Lipinski definition) is 4. The van der Waals surface area contributed by atoms with Crippen LogP contribution in [-0.2, 0) is 0 Å². The quantitative estimate of drug-likeness (QED) is 0.439. The molecule has 0 amide bonds. The molecule has 0 aliphatic rings. The van der Waals surface area contributed by atoms with Crippen molar-refractivity contribution in [2.24, 2.45) is 5.10 Å². The van der Waals surface area contributed by atoms with Gasteiger partial charge >= 0.3 is 0 Å². The Hall–Kier alpha value is -2.60. The van der Waals surface area contributed by atoms with E-state index < -0.39 is 0 Å². The average molecular weight is 343 g/mol. The van der Waals surface area contributed by atoms with Gasteiger partial charge in [0.1, 0.15) is 0 Å². The van der Waals surface area contributed by atoms with Crippen LogP contribution < -0.4 is 15.5 Å². The molecule has 0 aliphatic heterocycles. The highest BCUT2D eigenvalue weighted by Gasteiger charge is 2.04. The average Bonchev–Trinajstić information content (AvgIpc) is 2.54. The molecule has 6 heteroatoms. The Balaban J connectivity index is 1.99. The van der Waals surface area contributed by atoms with E-state index in [4.69, 9.17) is 17.0 Å². The van der Waals surface area contributed by atoms with Crippen LogP contribution >= 0.6 is 12.2 Å². The van der Waals surface area contributed by atoms with Crippen molar-refractivity contribution >= 4 is 29.2 Å². The van der Waals surface area contributed by atoms with E-state index in [0.717, 1.165) is 22.4 Å². The van der Waals surface area contributed by atoms with Crippen LogP contribution in [0.1, 0.15) is 23.6 Å². The summed E-state index contributed by atoms with van der Waals surface area (Å²) in [6.45, 7) is 6.38. The van der Waals surface area contributed by atoms with Gasteiger partial charge < -0.3 is 15.2 Å². The number of hydrogen-bond donors (Lipinski definition) is 3. The molecule has 0 spiro atoms. The van der Waals surface area contributed by atoms with Crippen molar-refractivity contribution in [3.8, 4) is 11.5 Å². The molecule has 0 aromatic heterocycles. The summed E-state index contributed by atoms with van der Waals surface area (Å²) >= 11 is 5.26. The number of ether oxygens (including phenoxy) is 1. The Morgan fingerprint density at radius 3 is 2.62 bits per heavy atom. The van der Waals surface area contributed by atoms with E-state index in [0.29, 0.717) is 17.5 Å². The SMILES string of the molecule is CCOc1cc(C=NNC(=S)Nc2c(C)cccc2C)ccc1O. The molecule has 0 heterocycles. The molecule has 0 radical (unpaired) electrons. The summed E-state index contributed by atoms with van der Waals surface area (Å²) in [7, 11) is 0. The molecule has 0 atom stereocenters. The number of phenolic OH excluding ortho intramolecular Hbond substituents is 1. The topological polar surface area (TPSA) is 65.9 Å². The number of nitrogens with one attached hydrogen (secondary N) is 2. The number of anilines is 1.